The van der Waals surface area contributed by atoms with E-state index in [0.29, 0.717) is 0 Å². The Labute approximate surface area is 125 Å². The van der Waals surface area contributed by atoms with Crippen molar-refractivity contribution >= 4 is 32.2 Å². The predicted octanol–water partition coefficient (Wildman–Crippen LogP) is -1.42. The molecule has 0 unspecified atom stereocenters. The van der Waals surface area contributed by atoms with Gasteiger partial charge in [0.05, 0.1) is 4.47 Å². The van der Waals surface area contributed by atoms with E-state index in [2.05, 4.69) is 69.1 Å². The molecule has 0 amide bonds. The minimum absolute atomic E-state index is 1.12. The van der Waals surface area contributed by atoms with Crippen LogP contribution in [0.3, 0.4) is 0 Å². The number of benzene rings is 1. The molecule has 0 bridgehead atoms. The third-order valence-electron chi connectivity index (χ3n) is 2.58. The van der Waals surface area contributed by atoms with E-state index >= 15 is 0 Å². The van der Waals surface area contributed by atoms with Crippen molar-refractivity contribution in [1.29, 1.82) is 0 Å². The summed E-state index contributed by atoms with van der Waals surface area (Å²) in [5.74, 6) is 0. The van der Waals surface area contributed by atoms with Gasteiger partial charge >= 0.3 is 0 Å². The van der Waals surface area contributed by atoms with E-state index in [4.69, 9.17) is 18.6 Å². The second-order valence-electron chi connectivity index (χ2n) is 3.93. The Balaban J connectivity index is 0.000000257. The summed E-state index contributed by atoms with van der Waals surface area (Å²) in [4.78, 5) is 0. The van der Waals surface area contributed by atoms with Crippen molar-refractivity contribution in [1.82, 2.24) is 0 Å². The lowest BCUT2D eigenvalue weighted by Gasteiger charge is -2.17. The molecule has 0 aliphatic carbocycles. The molecule has 2 aromatic heterocycles. The van der Waals surface area contributed by atoms with Crippen LogP contribution in [0.4, 0.5) is 0 Å². The standard InChI is InChI=1S/C13H9BrN.ClHO4/c14-12-6-3-7-15-9-11-5-2-1-4-10(11)8-13(12)15;2-1(3,4)5/h1-9H;(H,2,3,4,5)/q+1;/p-1. The van der Waals surface area contributed by atoms with Gasteiger partial charge in [0.1, 0.15) is 0 Å². The van der Waals surface area contributed by atoms with Gasteiger partial charge in [0.15, 0.2) is 12.4 Å². The van der Waals surface area contributed by atoms with E-state index < -0.39 is 10.2 Å². The third kappa shape index (κ3) is 4.11. The minimum atomic E-state index is -4.94. The van der Waals surface area contributed by atoms with Gasteiger partial charge in [0.2, 0.25) is 5.52 Å². The van der Waals surface area contributed by atoms with Crippen LogP contribution in [0.25, 0.3) is 16.3 Å². The summed E-state index contributed by atoms with van der Waals surface area (Å²) in [6.45, 7) is 0. The Morgan fingerprint density at radius 3 is 2.15 bits per heavy atom. The van der Waals surface area contributed by atoms with Crippen LogP contribution >= 0.6 is 15.9 Å². The molecule has 20 heavy (non-hydrogen) atoms. The zero-order valence-corrected chi connectivity index (χ0v) is 12.4. The van der Waals surface area contributed by atoms with E-state index in [1.807, 2.05) is 6.07 Å². The van der Waals surface area contributed by atoms with Crippen molar-refractivity contribution in [2.45, 2.75) is 0 Å². The normalized spacial score (nSPS) is 11.2. The molecule has 0 aliphatic rings. The summed E-state index contributed by atoms with van der Waals surface area (Å²) in [5, 5.41) is 2.53. The number of halogens is 2. The van der Waals surface area contributed by atoms with Gasteiger partial charge in [0, 0.05) is 17.5 Å². The van der Waals surface area contributed by atoms with Gasteiger partial charge in [-0.05, 0) is 33.4 Å². The van der Waals surface area contributed by atoms with Crippen molar-refractivity contribution in [3.05, 3.63) is 59.3 Å². The first-order chi connectivity index (χ1) is 9.34. The molecule has 0 fully saturated rings. The SMILES string of the molecule is Brc1ccc[n+]2cc3ccccc3cc12.[O-][Cl+3]([O-])([O-])[O-]. The summed E-state index contributed by atoms with van der Waals surface area (Å²) in [7, 11) is -4.94. The predicted molar refractivity (Wildman–Crippen MR) is 64.8 cm³/mol. The zero-order valence-electron chi connectivity index (χ0n) is 10.0. The Bertz CT molecular complexity index is 739. The molecule has 7 heteroatoms. The molecule has 104 valence electrons. The summed E-state index contributed by atoms with van der Waals surface area (Å²) >= 11 is 3.56. The van der Waals surface area contributed by atoms with Crippen molar-refractivity contribution in [2.75, 3.05) is 0 Å². The Kier molecular flexibility index (Phi) is 4.54. The fourth-order valence-electron chi connectivity index (χ4n) is 1.82. The molecular formula is C13H9BrClNO4. The lowest BCUT2D eigenvalue weighted by atomic mass is 10.1. The molecule has 0 N–H and O–H groups in total. The molecule has 0 atom stereocenters. The number of nitrogens with zero attached hydrogens (tertiary/aromatic N) is 1. The van der Waals surface area contributed by atoms with Crippen LogP contribution in [0.5, 0.6) is 0 Å². The number of rotatable bonds is 0. The van der Waals surface area contributed by atoms with Crippen LogP contribution in [-0.4, -0.2) is 0 Å². The number of pyridine rings is 2. The maximum absolute atomic E-state index is 8.49. The van der Waals surface area contributed by atoms with Gasteiger partial charge in [-0.1, -0.05) is 18.2 Å². The first kappa shape index (κ1) is 15.1. The molecule has 2 heterocycles. The van der Waals surface area contributed by atoms with Gasteiger partial charge < -0.3 is 0 Å². The smallest absolute Gasteiger partial charge is 0.222 e. The van der Waals surface area contributed by atoms with Gasteiger partial charge in [-0.2, -0.15) is 4.40 Å². The Morgan fingerprint density at radius 1 is 0.900 bits per heavy atom. The van der Waals surface area contributed by atoms with Crippen LogP contribution in [0.15, 0.2) is 59.3 Å². The average Bonchev–Trinajstić information content (AvgIpc) is 2.35. The third-order valence-corrected chi connectivity index (χ3v) is 3.25. The Hall–Kier alpha value is -1.28. The molecule has 1 aromatic carbocycles. The molecule has 3 rings (SSSR count). The van der Waals surface area contributed by atoms with Crippen LogP contribution in [-0.2, 0) is 0 Å². The molecule has 0 aliphatic heterocycles. The first-order valence-corrected chi connectivity index (χ1v) is 7.47. The van der Waals surface area contributed by atoms with E-state index in [0.717, 1.165) is 4.47 Å². The largest absolute Gasteiger partial charge is 0.225 e. The highest BCUT2D eigenvalue weighted by Gasteiger charge is 2.07. The quantitative estimate of drug-likeness (QED) is 0.364. The minimum Gasteiger partial charge on any atom is -0.222 e. The molecule has 0 spiro atoms. The van der Waals surface area contributed by atoms with Gasteiger partial charge in [0.25, 0.3) is 0 Å². The molecule has 0 saturated carbocycles. The summed E-state index contributed by atoms with van der Waals surface area (Å²) in [6.07, 6.45) is 4.21. The highest BCUT2D eigenvalue weighted by molar-refractivity contribution is 9.10. The van der Waals surface area contributed by atoms with Crippen molar-refractivity contribution < 1.29 is 33.3 Å². The van der Waals surface area contributed by atoms with Gasteiger partial charge in [-0.25, -0.2) is 18.6 Å². The van der Waals surface area contributed by atoms with Crippen LogP contribution in [0.1, 0.15) is 0 Å². The number of hydrogen-bond acceptors (Lipinski definition) is 4. The summed E-state index contributed by atoms with van der Waals surface area (Å²) in [6, 6.07) is 14.7. The topological polar surface area (TPSA) is 96.3 Å². The average molecular weight is 359 g/mol. The summed E-state index contributed by atoms with van der Waals surface area (Å²) in [5.41, 5.74) is 1.19. The first-order valence-electron chi connectivity index (χ1n) is 5.44. The molecule has 3 aromatic rings. The fraction of sp³-hybridized carbons (Fsp3) is 0. The molecule has 0 saturated heterocycles. The molecular weight excluding hydrogens is 350 g/mol. The number of fused-ring (bicyclic) bond motifs is 2. The van der Waals surface area contributed by atoms with E-state index in [1.165, 1.54) is 16.3 Å². The van der Waals surface area contributed by atoms with Gasteiger partial charge in [-0.3, -0.25) is 0 Å². The lowest BCUT2D eigenvalue weighted by Crippen LogP contribution is -2.68. The van der Waals surface area contributed by atoms with Crippen molar-refractivity contribution in [2.24, 2.45) is 0 Å². The zero-order chi connectivity index (χ0) is 14.8. The molecule has 5 nitrogen and oxygen atoms in total. The maximum atomic E-state index is 8.49. The fourth-order valence-corrected chi connectivity index (χ4v) is 2.29. The van der Waals surface area contributed by atoms with E-state index in [9.17, 15) is 0 Å². The highest BCUT2D eigenvalue weighted by Crippen LogP contribution is 2.18. The lowest BCUT2D eigenvalue weighted by molar-refractivity contribution is -2.00. The van der Waals surface area contributed by atoms with Gasteiger partial charge in [-0.15, -0.1) is 10.2 Å². The molecule has 0 radical (unpaired) electrons. The summed E-state index contributed by atoms with van der Waals surface area (Å²) < 4.78 is 37.2. The Morgan fingerprint density at radius 2 is 1.50 bits per heavy atom. The second kappa shape index (κ2) is 6.01. The van der Waals surface area contributed by atoms with Crippen LogP contribution in [0, 0.1) is 10.2 Å². The highest BCUT2D eigenvalue weighted by atomic mass is 79.9. The van der Waals surface area contributed by atoms with Crippen LogP contribution in [0.2, 0.25) is 0 Å². The van der Waals surface area contributed by atoms with E-state index in [1.54, 1.807) is 0 Å². The monoisotopic (exact) mass is 357 g/mol. The number of aromatic nitrogens is 1. The van der Waals surface area contributed by atoms with Crippen LogP contribution < -0.4 is 23.0 Å². The number of hydrogen-bond donors (Lipinski definition) is 0. The maximum Gasteiger partial charge on any atom is 0.225 e. The van der Waals surface area contributed by atoms with Crippen molar-refractivity contribution in [3.8, 4) is 0 Å². The second-order valence-corrected chi connectivity index (χ2v) is 5.54. The van der Waals surface area contributed by atoms with Crippen molar-refractivity contribution in [3.63, 3.8) is 0 Å². The van der Waals surface area contributed by atoms with E-state index in [-0.39, 0.29) is 0 Å².